The number of aliphatic hydroxyl groups is 1. The summed E-state index contributed by atoms with van der Waals surface area (Å²) in [4.78, 5) is 1.61. The van der Waals surface area contributed by atoms with Crippen molar-refractivity contribution in [3.63, 3.8) is 0 Å². The first-order chi connectivity index (χ1) is 8.94. The Hall–Kier alpha value is -0.730. The van der Waals surface area contributed by atoms with Gasteiger partial charge < -0.3 is 5.11 Å². The molecule has 19 heavy (non-hydrogen) atoms. The van der Waals surface area contributed by atoms with Crippen LogP contribution in [0.15, 0.2) is 21.7 Å². The van der Waals surface area contributed by atoms with Crippen molar-refractivity contribution in [2.24, 2.45) is 0 Å². The lowest BCUT2D eigenvalue weighted by Crippen LogP contribution is -2.23. The molecule has 0 bridgehead atoms. The lowest BCUT2D eigenvalue weighted by atomic mass is 10.2. The van der Waals surface area contributed by atoms with Crippen molar-refractivity contribution in [1.82, 2.24) is 4.72 Å². The number of thiophene rings is 2. The van der Waals surface area contributed by atoms with Gasteiger partial charge in [-0.2, -0.15) is 11.3 Å². The predicted molar refractivity (Wildman–Crippen MR) is 78.1 cm³/mol. The first-order valence-electron chi connectivity index (χ1n) is 5.65. The summed E-state index contributed by atoms with van der Waals surface area (Å²) in [6, 6.07) is 1.53. The fourth-order valence-electron chi connectivity index (χ4n) is 1.69. The van der Waals surface area contributed by atoms with Crippen molar-refractivity contribution >= 4 is 32.7 Å². The van der Waals surface area contributed by atoms with Crippen molar-refractivity contribution in [3.8, 4) is 0 Å². The molecule has 2 aromatic heterocycles. The van der Waals surface area contributed by atoms with E-state index in [-0.39, 0.29) is 11.5 Å². The standard InChI is InChI=1S/C12H15NO3S3/c1-8-6-17-7-10(8)4-13-19(15,16)12-3-11(5-14)18-9(12)2/h3,6-7,13-14H,4-5H2,1-2H3. The van der Waals surface area contributed by atoms with Crippen LogP contribution in [0.25, 0.3) is 0 Å². The highest BCUT2D eigenvalue weighted by Gasteiger charge is 2.19. The summed E-state index contributed by atoms with van der Waals surface area (Å²) in [7, 11) is -3.52. The Kier molecular flexibility index (Phi) is 4.42. The third kappa shape index (κ3) is 3.24. The Balaban J connectivity index is 2.18. The third-order valence-corrected chi connectivity index (χ3v) is 6.39. The number of rotatable bonds is 5. The minimum absolute atomic E-state index is 0.134. The van der Waals surface area contributed by atoms with Gasteiger partial charge in [0.25, 0.3) is 0 Å². The molecule has 104 valence electrons. The first-order valence-corrected chi connectivity index (χ1v) is 8.90. The summed E-state index contributed by atoms with van der Waals surface area (Å²) in [5.41, 5.74) is 2.08. The topological polar surface area (TPSA) is 66.4 Å². The van der Waals surface area contributed by atoms with Gasteiger partial charge in [0.05, 0.1) is 11.5 Å². The monoisotopic (exact) mass is 317 g/mol. The van der Waals surface area contributed by atoms with Gasteiger partial charge in [-0.3, -0.25) is 0 Å². The van der Waals surface area contributed by atoms with E-state index in [4.69, 9.17) is 5.11 Å². The number of aryl methyl sites for hydroxylation is 2. The van der Waals surface area contributed by atoms with Gasteiger partial charge in [-0.05, 0) is 41.8 Å². The SMILES string of the molecule is Cc1cscc1CNS(=O)(=O)c1cc(CO)sc1C. The van der Waals surface area contributed by atoms with E-state index in [1.165, 1.54) is 17.4 Å². The zero-order valence-electron chi connectivity index (χ0n) is 10.6. The van der Waals surface area contributed by atoms with E-state index in [2.05, 4.69) is 4.72 Å². The highest BCUT2D eigenvalue weighted by Crippen LogP contribution is 2.26. The number of sulfonamides is 1. The van der Waals surface area contributed by atoms with Gasteiger partial charge in [-0.1, -0.05) is 0 Å². The largest absolute Gasteiger partial charge is 0.391 e. The summed E-state index contributed by atoms with van der Waals surface area (Å²) in [6.45, 7) is 3.86. The quantitative estimate of drug-likeness (QED) is 0.890. The van der Waals surface area contributed by atoms with Crippen LogP contribution in [0, 0.1) is 13.8 Å². The van der Waals surface area contributed by atoms with Gasteiger partial charge in [0.1, 0.15) is 0 Å². The van der Waals surface area contributed by atoms with Crippen molar-refractivity contribution in [3.05, 3.63) is 37.7 Å². The maximum Gasteiger partial charge on any atom is 0.241 e. The molecule has 7 heteroatoms. The predicted octanol–water partition coefficient (Wildman–Crippen LogP) is 2.40. The molecule has 2 rings (SSSR count). The molecule has 0 aliphatic rings. The Morgan fingerprint density at radius 3 is 2.58 bits per heavy atom. The minimum atomic E-state index is -3.52. The fraction of sp³-hybridized carbons (Fsp3) is 0.333. The summed E-state index contributed by atoms with van der Waals surface area (Å²) < 4.78 is 27.0. The van der Waals surface area contributed by atoms with Crippen LogP contribution < -0.4 is 4.72 Å². The molecule has 4 nitrogen and oxygen atoms in total. The zero-order valence-corrected chi connectivity index (χ0v) is 13.1. The van der Waals surface area contributed by atoms with E-state index < -0.39 is 10.0 Å². The number of aliphatic hydroxyl groups excluding tert-OH is 1. The Morgan fingerprint density at radius 2 is 2.05 bits per heavy atom. The van der Waals surface area contributed by atoms with E-state index >= 15 is 0 Å². The van der Waals surface area contributed by atoms with Crippen LogP contribution in [0.1, 0.15) is 20.9 Å². The summed E-state index contributed by atoms with van der Waals surface area (Å²) >= 11 is 2.86. The van der Waals surface area contributed by atoms with Crippen molar-refractivity contribution in [1.29, 1.82) is 0 Å². The summed E-state index contributed by atoms with van der Waals surface area (Å²) in [6.07, 6.45) is 0. The van der Waals surface area contributed by atoms with E-state index in [9.17, 15) is 8.42 Å². The summed E-state index contributed by atoms with van der Waals surface area (Å²) in [5, 5.41) is 13.0. The van der Waals surface area contributed by atoms with Gasteiger partial charge in [0, 0.05) is 16.3 Å². The zero-order chi connectivity index (χ0) is 14.0. The molecule has 0 spiro atoms. The van der Waals surface area contributed by atoms with Gasteiger partial charge in [0.2, 0.25) is 10.0 Å². The van der Waals surface area contributed by atoms with Crippen LogP contribution in [0.2, 0.25) is 0 Å². The molecule has 0 saturated heterocycles. The van der Waals surface area contributed by atoms with Crippen molar-refractivity contribution in [2.45, 2.75) is 31.9 Å². The average molecular weight is 317 g/mol. The molecule has 0 unspecified atom stereocenters. The van der Waals surface area contributed by atoms with Crippen LogP contribution in [-0.4, -0.2) is 13.5 Å². The van der Waals surface area contributed by atoms with Crippen LogP contribution in [0.5, 0.6) is 0 Å². The molecule has 0 fully saturated rings. The highest BCUT2D eigenvalue weighted by molar-refractivity contribution is 7.89. The molecule has 0 atom stereocenters. The Bertz CT molecular complexity index is 670. The number of nitrogens with one attached hydrogen (secondary N) is 1. The van der Waals surface area contributed by atoms with Gasteiger partial charge in [-0.25, -0.2) is 13.1 Å². The van der Waals surface area contributed by atoms with Crippen molar-refractivity contribution in [2.75, 3.05) is 0 Å². The van der Waals surface area contributed by atoms with Crippen LogP contribution in [-0.2, 0) is 23.2 Å². The molecule has 0 radical (unpaired) electrons. The first kappa shape index (κ1) is 14.7. The maximum atomic E-state index is 12.2. The highest BCUT2D eigenvalue weighted by atomic mass is 32.2. The minimum Gasteiger partial charge on any atom is -0.391 e. The lowest BCUT2D eigenvalue weighted by Gasteiger charge is -2.05. The molecule has 0 aromatic carbocycles. The van der Waals surface area contributed by atoms with E-state index in [0.29, 0.717) is 16.3 Å². The molecule has 0 saturated carbocycles. The van der Waals surface area contributed by atoms with Crippen LogP contribution in [0.3, 0.4) is 0 Å². The lowest BCUT2D eigenvalue weighted by molar-refractivity contribution is 0.285. The Morgan fingerprint density at radius 1 is 1.32 bits per heavy atom. The second kappa shape index (κ2) is 5.72. The van der Waals surface area contributed by atoms with E-state index in [1.807, 2.05) is 17.7 Å². The second-order valence-electron chi connectivity index (χ2n) is 4.20. The molecule has 2 N–H and O–H groups in total. The van der Waals surface area contributed by atoms with Gasteiger partial charge >= 0.3 is 0 Å². The molecule has 0 aliphatic heterocycles. The molecular weight excluding hydrogens is 302 g/mol. The Labute approximate surface area is 120 Å². The number of hydrogen-bond acceptors (Lipinski definition) is 5. The average Bonchev–Trinajstić information content (AvgIpc) is 2.93. The van der Waals surface area contributed by atoms with Crippen molar-refractivity contribution < 1.29 is 13.5 Å². The van der Waals surface area contributed by atoms with Gasteiger partial charge in [-0.15, -0.1) is 11.3 Å². The van der Waals surface area contributed by atoms with Crippen LogP contribution in [0.4, 0.5) is 0 Å². The molecule has 2 aromatic rings. The van der Waals surface area contributed by atoms with Gasteiger partial charge in [0.15, 0.2) is 0 Å². The molecule has 2 heterocycles. The smallest absolute Gasteiger partial charge is 0.241 e. The molecule has 0 aliphatic carbocycles. The summed E-state index contributed by atoms with van der Waals surface area (Å²) in [5.74, 6) is 0. The molecular formula is C12H15NO3S3. The third-order valence-electron chi connectivity index (χ3n) is 2.78. The fourth-order valence-corrected chi connectivity index (χ4v) is 5.04. The van der Waals surface area contributed by atoms with E-state index in [0.717, 1.165) is 11.1 Å². The number of hydrogen-bond donors (Lipinski definition) is 2. The van der Waals surface area contributed by atoms with Crippen LogP contribution >= 0.6 is 22.7 Å². The second-order valence-corrected chi connectivity index (χ2v) is 8.02. The van der Waals surface area contributed by atoms with E-state index in [1.54, 1.807) is 18.3 Å². The maximum absolute atomic E-state index is 12.2. The normalized spacial score (nSPS) is 11.9. The molecule has 0 amide bonds.